The third kappa shape index (κ3) is 4.44. The summed E-state index contributed by atoms with van der Waals surface area (Å²) in [6.07, 6.45) is 7.95. The van der Waals surface area contributed by atoms with Gasteiger partial charge in [-0.3, -0.25) is 4.79 Å². The number of aromatic nitrogens is 4. The van der Waals surface area contributed by atoms with Gasteiger partial charge in [-0.15, -0.1) is 0 Å². The zero-order chi connectivity index (χ0) is 16.7. The fourth-order valence-corrected chi connectivity index (χ4v) is 2.42. The molecule has 2 aromatic rings. The summed E-state index contributed by atoms with van der Waals surface area (Å²) in [7, 11) is 0. The third-order valence-electron chi connectivity index (χ3n) is 3.14. The Hall–Kier alpha value is -2.09. The van der Waals surface area contributed by atoms with Crippen LogP contribution in [-0.4, -0.2) is 45.0 Å². The van der Waals surface area contributed by atoms with E-state index in [4.69, 9.17) is 0 Å². The van der Waals surface area contributed by atoms with Gasteiger partial charge < -0.3 is 10.6 Å². The number of thioether (sulfide) groups is 1. The van der Waals surface area contributed by atoms with E-state index in [-0.39, 0.29) is 5.91 Å². The minimum Gasteiger partial charge on any atom is -0.369 e. The van der Waals surface area contributed by atoms with Crippen LogP contribution in [0.2, 0.25) is 0 Å². The zero-order valence-corrected chi connectivity index (χ0v) is 14.5. The van der Waals surface area contributed by atoms with Crippen LogP contribution in [0.3, 0.4) is 0 Å². The summed E-state index contributed by atoms with van der Waals surface area (Å²) in [4.78, 5) is 20.5. The molecular weight excluding hydrogens is 312 g/mol. The van der Waals surface area contributed by atoms with Crippen molar-refractivity contribution in [2.24, 2.45) is 0 Å². The maximum Gasteiger partial charge on any atom is 0.243 e. The van der Waals surface area contributed by atoms with Crippen LogP contribution in [0.25, 0.3) is 11.0 Å². The van der Waals surface area contributed by atoms with E-state index in [1.54, 1.807) is 17.0 Å². The van der Waals surface area contributed by atoms with E-state index in [0.29, 0.717) is 18.2 Å². The lowest BCUT2D eigenvalue weighted by molar-refractivity contribution is -0.116. The Morgan fingerprint density at radius 2 is 2.22 bits per heavy atom. The number of carbonyl (C=O) groups excluding carboxylic acids is 1. The van der Waals surface area contributed by atoms with Crippen molar-refractivity contribution in [3.05, 3.63) is 18.3 Å². The van der Waals surface area contributed by atoms with Crippen LogP contribution in [0.1, 0.15) is 20.3 Å². The van der Waals surface area contributed by atoms with Gasteiger partial charge in [-0.2, -0.15) is 5.10 Å². The SMILES string of the molecule is CC=CC(=O)NCCn1ncc2c(NCCC)nc(SC)nc21. The van der Waals surface area contributed by atoms with Crippen molar-refractivity contribution < 1.29 is 4.79 Å². The van der Waals surface area contributed by atoms with Gasteiger partial charge in [0.15, 0.2) is 10.8 Å². The van der Waals surface area contributed by atoms with Crippen molar-refractivity contribution in [1.82, 2.24) is 25.1 Å². The highest BCUT2D eigenvalue weighted by atomic mass is 32.2. The summed E-state index contributed by atoms with van der Waals surface area (Å²) in [6, 6.07) is 0. The Balaban J connectivity index is 2.19. The molecule has 124 valence electrons. The second kappa shape index (κ2) is 8.52. The highest BCUT2D eigenvalue weighted by Gasteiger charge is 2.12. The maximum absolute atomic E-state index is 11.4. The number of amides is 1. The molecule has 0 aromatic carbocycles. The van der Waals surface area contributed by atoms with E-state index >= 15 is 0 Å². The van der Waals surface area contributed by atoms with Gasteiger partial charge in [-0.05, 0) is 25.7 Å². The largest absolute Gasteiger partial charge is 0.369 e. The van der Waals surface area contributed by atoms with Crippen molar-refractivity contribution >= 4 is 34.5 Å². The molecule has 0 atom stereocenters. The topological polar surface area (TPSA) is 84.7 Å². The summed E-state index contributed by atoms with van der Waals surface area (Å²) in [5.74, 6) is 0.707. The number of nitrogens with one attached hydrogen (secondary N) is 2. The summed E-state index contributed by atoms with van der Waals surface area (Å²) in [6.45, 7) is 5.83. The van der Waals surface area contributed by atoms with Crippen molar-refractivity contribution in [1.29, 1.82) is 0 Å². The van der Waals surface area contributed by atoms with Gasteiger partial charge in [0.05, 0.1) is 18.1 Å². The molecule has 2 heterocycles. The smallest absolute Gasteiger partial charge is 0.243 e. The number of rotatable bonds is 8. The molecule has 0 saturated heterocycles. The second-order valence-electron chi connectivity index (χ2n) is 4.88. The normalized spacial score (nSPS) is 11.3. The standard InChI is InChI=1S/C15H22N6OS/c1-4-6-12(22)16-8-9-21-14-11(10-18-21)13(17-7-5-2)19-15(20-14)23-3/h4,6,10H,5,7-9H2,1-3H3,(H,16,22)(H,17,19,20). The molecule has 23 heavy (non-hydrogen) atoms. The van der Waals surface area contributed by atoms with Gasteiger partial charge in [0, 0.05) is 13.1 Å². The van der Waals surface area contributed by atoms with Crippen molar-refractivity contribution in [2.45, 2.75) is 32.0 Å². The Kier molecular flexibility index (Phi) is 6.40. The number of allylic oxidation sites excluding steroid dienone is 1. The first kappa shape index (κ1) is 17.3. The quantitative estimate of drug-likeness (QED) is 0.437. The number of nitrogens with zero attached hydrogens (tertiary/aromatic N) is 4. The van der Waals surface area contributed by atoms with E-state index in [1.807, 2.05) is 13.2 Å². The molecule has 0 radical (unpaired) electrons. The first-order chi connectivity index (χ1) is 11.2. The fourth-order valence-electron chi connectivity index (χ4n) is 2.06. The first-order valence-corrected chi connectivity index (χ1v) is 8.84. The third-order valence-corrected chi connectivity index (χ3v) is 3.69. The number of carbonyl (C=O) groups is 1. The van der Waals surface area contributed by atoms with E-state index in [1.165, 1.54) is 17.8 Å². The van der Waals surface area contributed by atoms with Crippen LogP contribution < -0.4 is 10.6 Å². The predicted molar refractivity (Wildman–Crippen MR) is 93.7 cm³/mol. The molecule has 0 spiro atoms. The number of hydrogen-bond acceptors (Lipinski definition) is 6. The van der Waals surface area contributed by atoms with Gasteiger partial charge >= 0.3 is 0 Å². The van der Waals surface area contributed by atoms with E-state index in [9.17, 15) is 4.79 Å². The lowest BCUT2D eigenvalue weighted by Crippen LogP contribution is -2.25. The minimum atomic E-state index is -0.103. The molecular formula is C15H22N6OS. The van der Waals surface area contributed by atoms with E-state index < -0.39 is 0 Å². The van der Waals surface area contributed by atoms with Gasteiger partial charge in [-0.1, -0.05) is 24.8 Å². The van der Waals surface area contributed by atoms with Gasteiger partial charge in [0.2, 0.25) is 5.91 Å². The number of hydrogen-bond donors (Lipinski definition) is 2. The second-order valence-corrected chi connectivity index (χ2v) is 5.66. The predicted octanol–water partition coefficient (Wildman–Crippen LogP) is 2.06. The van der Waals surface area contributed by atoms with Crippen LogP contribution in [0.15, 0.2) is 23.5 Å². The van der Waals surface area contributed by atoms with Crippen molar-refractivity contribution in [2.75, 3.05) is 24.7 Å². The molecule has 2 aromatic heterocycles. The van der Waals surface area contributed by atoms with Crippen molar-refractivity contribution in [3.63, 3.8) is 0 Å². The first-order valence-electron chi connectivity index (χ1n) is 7.61. The average molecular weight is 334 g/mol. The molecule has 0 fully saturated rings. The molecule has 7 nitrogen and oxygen atoms in total. The van der Waals surface area contributed by atoms with Crippen LogP contribution in [0.5, 0.6) is 0 Å². The maximum atomic E-state index is 11.4. The van der Waals surface area contributed by atoms with Crippen LogP contribution in [0.4, 0.5) is 5.82 Å². The lowest BCUT2D eigenvalue weighted by atomic mass is 10.3. The molecule has 0 saturated carbocycles. The molecule has 2 N–H and O–H groups in total. The average Bonchev–Trinajstić information content (AvgIpc) is 2.96. The lowest BCUT2D eigenvalue weighted by Gasteiger charge is -2.08. The molecule has 8 heteroatoms. The highest BCUT2D eigenvalue weighted by Crippen LogP contribution is 2.23. The van der Waals surface area contributed by atoms with Crippen LogP contribution >= 0.6 is 11.8 Å². The Morgan fingerprint density at radius 3 is 2.91 bits per heavy atom. The monoisotopic (exact) mass is 334 g/mol. The number of anilines is 1. The van der Waals surface area contributed by atoms with Crippen LogP contribution in [-0.2, 0) is 11.3 Å². The number of fused-ring (bicyclic) bond motifs is 1. The molecule has 0 aliphatic heterocycles. The summed E-state index contributed by atoms with van der Waals surface area (Å²) >= 11 is 1.50. The Bertz CT molecular complexity index is 697. The molecule has 0 aliphatic rings. The molecule has 1 amide bonds. The molecule has 0 bridgehead atoms. The molecule has 2 rings (SSSR count). The molecule has 0 aliphatic carbocycles. The Labute approximate surface area is 140 Å². The van der Waals surface area contributed by atoms with E-state index in [2.05, 4.69) is 32.6 Å². The summed E-state index contributed by atoms with van der Waals surface area (Å²) < 4.78 is 1.80. The Morgan fingerprint density at radius 1 is 1.39 bits per heavy atom. The summed E-state index contributed by atoms with van der Waals surface area (Å²) in [5, 5.41) is 12.1. The highest BCUT2D eigenvalue weighted by molar-refractivity contribution is 7.98. The van der Waals surface area contributed by atoms with Crippen molar-refractivity contribution in [3.8, 4) is 0 Å². The van der Waals surface area contributed by atoms with E-state index in [0.717, 1.165) is 29.8 Å². The molecule has 0 unspecified atom stereocenters. The van der Waals surface area contributed by atoms with Gasteiger partial charge in [-0.25, -0.2) is 14.6 Å². The van der Waals surface area contributed by atoms with Crippen LogP contribution in [0, 0.1) is 0 Å². The van der Waals surface area contributed by atoms with Gasteiger partial charge in [0.25, 0.3) is 0 Å². The zero-order valence-electron chi connectivity index (χ0n) is 13.7. The minimum absolute atomic E-state index is 0.103. The van der Waals surface area contributed by atoms with Gasteiger partial charge in [0.1, 0.15) is 5.82 Å². The summed E-state index contributed by atoms with van der Waals surface area (Å²) in [5.41, 5.74) is 0.781. The fraction of sp³-hybridized carbons (Fsp3) is 0.467.